The van der Waals surface area contributed by atoms with Crippen molar-refractivity contribution < 1.29 is 33.7 Å². The van der Waals surface area contributed by atoms with Crippen molar-refractivity contribution in [3.05, 3.63) is 131 Å². The number of sulfonamides is 4. The highest BCUT2D eigenvalue weighted by Crippen LogP contribution is 2.35. The van der Waals surface area contributed by atoms with Crippen molar-refractivity contribution in [3.8, 4) is 0 Å². The third-order valence-corrected chi connectivity index (χ3v) is 16.6. The topological polar surface area (TPSA) is 191 Å². The van der Waals surface area contributed by atoms with Crippen LogP contribution in [0.5, 0.6) is 0 Å². The number of hydrogen-bond donors (Lipinski definition) is 4. The number of hydrogen-bond acceptors (Lipinski definition) is 10. The Morgan fingerprint density at radius 2 is 0.683 bits per heavy atom. The lowest BCUT2D eigenvalue weighted by Crippen LogP contribution is -2.36. The van der Waals surface area contributed by atoms with Crippen LogP contribution in [-0.2, 0) is 52.9 Å². The van der Waals surface area contributed by atoms with Gasteiger partial charge in [-0.2, -0.15) is 0 Å². The molecular formula is C42H46N6O8S4. The SMILES string of the molecule is CN(C)c1cccc2c(S(=O)(=O)NCCNS(=O)(=O)c3cccc4c3Cc3c(cccc3S(=O)(=O)NCCNS(=O)(=O)c3cccc5c(N(C)C)cccc35)C4)cccc12. The van der Waals surface area contributed by atoms with Crippen molar-refractivity contribution in [1.29, 1.82) is 0 Å². The molecule has 60 heavy (non-hydrogen) atoms. The minimum absolute atomic E-state index is 0.00979. The van der Waals surface area contributed by atoms with Crippen LogP contribution in [0.25, 0.3) is 21.5 Å². The van der Waals surface area contributed by atoms with Crippen molar-refractivity contribution in [2.24, 2.45) is 0 Å². The minimum Gasteiger partial charge on any atom is -0.377 e. The largest absolute Gasteiger partial charge is 0.377 e. The van der Waals surface area contributed by atoms with E-state index in [0.717, 1.165) is 22.1 Å². The second kappa shape index (κ2) is 16.9. The predicted octanol–water partition coefficient (Wildman–Crippen LogP) is 4.13. The van der Waals surface area contributed by atoms with E-state index in [0.29, 0.717) is 33.0 Å². The van der Waals surface area contributed by atoms with Gasteiger partial charge in [-0.3, -0.25) is 0 Å². The molecule has 316 valence electrons. The van der Waals surface area contributed by atoms with Crippen molar-refractivity contribution in [2.45, 2.75) is 32.4 Å². The highest BCUT2D eigenvalue weighted by atomic mass is 32.2. The Bertz CT molecular complexity index is 2880. The van der Waals surface area contributed by atoms with E-state index >= 15 is 0 Å². The fourth-order valence-electron chi connectivity index (χ4n) is 7.67. The van der Waals surface area contributed by atoms with Crippen molar-refractivity contribution in [1.82, 2.24) is 18.9 Å². The Balaban J connectivity index is 1.02. The molecule has 6 aromatic rings. The number of nitrogens with zero attached hydrogens (tertiary/aromatic N) is 2. The lowest BCUT2D eigenvalue weighted by molar-refractivity contribution is 0.569. The molecule has 0 atom stereocenters. The van der Waals surface area contributed by atoms with Gasteiger partial charge >= 0.3 is 0 Å². The van der Waals surface area contributed by atoms with Gasteiger partial charge in [-0.1, -0.05) is 72.8 Å². The van der Waals surface area contributed by atoms with Gasteiger partial charge in [-0.05, 0) is 65.1 Å². The lowest BCUT2D eigenvalue weighted by atomic mass is 9.86. The highest BCUT2D eigenvalue weighted by Gasteiger charge is 2.29. The van der Waals surface area contributed by atoms with Gasteiger partial charge in [-0.15, -0.1) is 0 Å². The fourth-order valence-corrected chi connectivity index (χ4v) is 12.8. The van der Waals surface area contributed by atoms with E-state index < -0.39 is 40.1 Å². The second-order valence-corrected chi connectivity index (χ2v) is 21.7. The molecule has 0 aromatic heterocycles. The first-order valence-electron chi connectivity index (χ1n) is 19.0. The molecule has 6 aromatic carbocycles. The summed E-state index contributed by atoms with van der Waals surface area (Å²) in [5.41, 5.74) is 3.97. The van der Waals surface area contributed by atoms with Crippen LogP contribution in [0.3, 0.4) is 0 Å². The molecule has 0 bridgehead atoms. The summed E-state index contributed by atoms with van der Waals surface area (Å²) in [6.07, 6.45) is 0.266. The van der Waals surface area contributed by atoms with E-state index in [-0.39, 0.29) is 58.6 Å². The molecule has 0 radical (unpaired) electrons. The van der Waals surface area contributed by atoms with Crippen molar-refractivity contribution >= 4 is 73.0 Å². The molecule has 0 amide bonds. The molecule has 0 aliphatic heterocycles. The van der Waals surface area contributed by atoms with Crippen LogP contribution < -0.4 is 28.7 Å². The maximum atomic E-state index is 13.8. The monoisotopic (exact) mass is 890 g/mol. The number of rotatable bonds is 16. The van der Waals surface area contributed by atoms with E-state index in [2.05, 4.69) is 18.9 Å². The predicted molar refractivity (Wildman–Crippen MR) is 236 cm³/mol. The van der Waals surface area contributed by atoms with E-state index in [9.17, 15) is 33.7 Å². The summed E-state index contributed by atoms with van der Waals surface area (Å²) in [4.78, 5) is 3.85. The first-order chi connectivity index (χ1) is 28.4. The zero-order valence-electron chi connectivity index (χ0n) is 33.4. The Morgan fingerprint density at radius 1 is 0.383 bits per heavy atom. The fraction of sp³-hybridized carbons (Fsp3) is 0.238. The first kappa shape index (κ1) is 43.2. The van der Waals surface area contributed by atoms with Gasteiger partial charge in [0.05, 0.1) is 19.6 Å². The summed E-state index contributed by atoms with van der Waals surface area (Å²) in [7, 11) is -8.93. The smallest absolute Gasteiger partial charge is 0.241 e. The molecule has 14 nitrogen and oxygen atoms in total. The molecule has 0 saturated carbocycles. The van der Waals surface area contributed by atoms with Crippen LogP contribution in [-0.4, -0.2) is 88.0 Å². The standard InChI is InChI=1S/C42H46N6O8S4/c1-47(2)37-17-7-15-33-31(37)13-9-21-39(33)57(49,50)43-23-25-45-59(53,54)41-19-5-11-29-27-30-12-6-20-42(36(30)28-35(29)41)60(55,56)46-26-24-44-58(51,52)40-22-10-14-32-34(40)16-8-18-38(32)48(3)4/h5-22,43-46H,23-28H2,1-4H3. The van der Waals surface area contributed by atoms with Gasteiger partial charge in [0.2, 0.25) is 40.1 Å². The third-order valence-electron chi connectivity index (χ3n) is 10.5. The number of benzene rings is 6. The van der Waals surface area contributed by atoms with E-state index in [1.165, 1.54) is 24.3 Å². The van der Waals surface area contributed by atoms with Gasteiger partial charge < -0.3 is 9.80 Å². The summed E-state index contributed by atoms with van der Waals surface area (Å²) in [6, 6.07) is 30.5. The molecule has 0 spiro atoms. The Labute approximate surface area is 351 Å². The van der Waals surface area contributed by atoms with Crippen LogP contribution >= 0.6 is 0 Å². The first-order valence-corrected chi connectivity index (χ1v) is 24.9. The third kappa shape index (κ3) is 8.64. The van der Waals surface area contributed by atoms with Crippen molar-refractivity contribution in [2.75, 3.05) is 64.2 Å². The average Bonchev–Trinajstić information content (AvgIpc) is 3.21. The molecule has 1 aliphatic rings. The summed E-state index contributed by atoms with van der Waals surface area (Å²) in [5.74, 6) is 0. The van der Waals surface area contributed by atoms with Crippen LogP contribution in [0, 0.1) is 0 Å². The van der Waals surface area contributed by atoms with Gasteiger partial charge in [0.1, 0.15) is 0 Å². The molecule has 7 rings (SSSR count). The number of anilines is 2. The zero-order valence-corrected chi connectivity index (χ0v) is 36.7. The molecule has 0 saturated heterocycles. The lowest BCUT2D eigenvalue weighted by Gasteiger charge is -2.24. The summed E-state index contributed by atoms with van der Waals surface area (Å²) < 4.78 is 119. The van der Waals surface area contributed by atoms with Gasteiger partial charge in [0, 0.05) is 93.7 Å². The molecular weight excluding hydrogens is 845 g/mol. The Morgan fingerprint density at radius 3 is 1.05 bits per heavy atom. The quantitative estimate of drug-likeness (QED) is 0.103. The molecule has 18 heteroatoms. The Kier molecular flexibility index (Phi) is 12.1. The van der Waals surface area contributed by atoms with Gasteiger partial charge in [0.25, 0.3) is 0 Å². The van der Waals surface area contributed by atoms with Crippen molar-refractivity contribution in [3.63, 3.8) is 0 Å². The Hall–Kier alpha value is -4.92. The number of nitrogens with one attached hydrogen (secondary N) is 4. The molecule has 4 N–H and O–H groups in total. The van der Waals surface area contributed by atoms with Crippen LogP contribution in [0.15, 0.2) is 129 Å². The highest BCUT2D eigenvalue weighted by molar-refractivity contribution is 7.90. The number of fused-ring (bicyclic) bond motifs is 4. The van der Waals surface area contributed by atoms with E-state index in [1.54, 1.807) is 60.7 Å². The van der Waals surface area contributed by atoms with E-state index in [1.807, 2.05) is 62.3 Å². The summed E-state index contributed by atoms with van der Waals surface area (Å²) in [6.45, 7) is -0.958. The normalized spacial score (nSPS) is 13.3. The summed E-state index contributed by atoms with van der Waals surface area (Å²) in [5, 5.41) is 2.58. The maximum absolute atomic E-state index is 13.8. The van der Waals surface area contributed by atoms with Crippen LogP contribution in [0.4, 0.5) is 11.4 Å². The molecule has 0 unspecified atom stereocenters. The molecule has 1 aliphatic carbocycles. The van der Waals surface area contributed by atoms with Gasteiger partial charge in [-0.25, -0.2) is 52.6 Å². The average molecular weight is 891 g/mol. The molecule has 0 heterocycles. The second-order valence-electron chi connectivity index (χ2n) is 14.8. The van der Waals surface area contributed by atoms with E-state index in [4.69, 9.17) is 0 Å². The van der Waals surface area contributed by atoms with Crippen LogP contribution in [0.2, 0.25) is 0 Å². The summed E-state index contributed by atoms with van der Waals surface area (Å²) >= 11 is 0. The molecule has 0 fully saturated rings. The minimum atomic E-state index is -4.18. The maximum Gasteiger partial charge on any atom is 0.241 e. The van der Waals surface area contributed by atoms with Gasteiger partial charge in [0.15, 0.2) is 0 Å². The van der Waals surface area contributed by atoms with Crippen LogP contribution in [0.1, 0.15) is 22.3 Å². The zero-order chi connectivity index (χ0) is 43.0.